The first-order valence-corrected chi connectivity index (χ1v) is 7.35. The minimum atomic E-state index is -6.79. The summed E-state index contributed by atoms with van der Waals surface area (Å²) in [6.07, 6.45) is -6.79. The minimum Gasteiger partial charge on any atom is -0.506 e. The molecule has 0 saturated heterocycles. The molecule has 0 spiro atoms. The third-order valence-corrected chi connectivity index (χ3v) is 4.03. The zero-order valence-electron chi connectivity index (χ0n) is 13.3. The summed E-state index contributed by atoms with van der Waals surface area (Å²) in [5, 5.41) is 10.2. The summed E-state index contributed by atoms with van der Waals surface area (Å²) in [7, 11) is 0. The molecular weight excluding hydrogens is 401 g/mol. The highest BCUT2D eigenvalue weighted by Crippen LogP contribution is 2.48. The third-order valence-electron chi connectivity index (χ3n) is 4.03. The highest BCUT2D eigenvalue weighted by molar-refractivity contribution is 6.14. The van der Waals surface area contributed by atoms with Gasteiger partial charge in [-0.1, -0.05) is 30.3 Å². The van der Waals surface area contributed by atoms with Crippen molar-refractivity contribution in [2.75, 3.05) is 0 Å². The first-order valence-electron chi connectivity index (χ1n) is 7.35. The van der Waals surface area contributed by atoms with Gasteiger partial charge in [-0.15, -0.1) is 0 Å². The van der Waals surface area contributed by atoms with Gasteiger partial charge in [0.25, 0.3) is 0 Å². The van der Waals surface area contributed by atoms with Gasteiger partial charge in [-0.25, -0.2) is 4.79 Å². The van der Waals surface area contributed by atoms with Crippen LogP contribution in [0.2, 0.25) is 0 Å². The number of aromatic hydroxyl groups is 1. The van der Waals surface area contributed by atoms with Crippen molar-refractivity contribution in [1.29, 1.82) is 0 Å². The van der Waals surface area contributed by atoms with Crippen LogP contribution in [0.25, 0.3) is 21.7 Å². The summed E-state index contributed by atoms with van der Waals surface area (Å²) in [4.78, 5) is 23.7. The molecule has 11 heteroatoms. The maximum absolute atomic E-state index is 13.7. The molecule has 2 aromatic carbocycles. The van der Waals surface area contributed by atoms with E-state index >= 15 is 0 Å². The fraction of sp³-hybridized carbons (Fsp3) is 0.176. The summed E-state index contributed by atoms with van der Waals surface area (Å²) in [6, 6.07) is 8.35. The number of Topliss-reactive ketones (excluding diaryl/α,β-unsaturated/α-hetero) is 1. The van der Waals surface area contributed by atoms with Crippen LogP contribution < -0.4 is 5.63 Å². The summed E-state index contributed by atoms with van der Waals surface area (Å²) < 4.78 is 95.4. The Bertz CT molecular complexity index is 1160. The number of alkyl halides is 7. The second-order valence-corrected chi connectivity index (χ2v) is 5.75. The second kappa shape index (κ2) is 5.94. The lowest BCUT2D eigenvalue weighted by Gasteiger charge is -2.26. The summed E-state index contributed by atoms with van der Waals surface area (Å²) in [5.74, 6) is -17.8. The molecule has 0 amide bonds. The van der Waals surface area contributed by atoms with Crippen LogP contribution in [0.3, 0.4) is 0 Å². The molecule has 1 heterocycles. The SMILES string of the molecule is O=C(c1c(O)c2c(ccc3ccccc32)oc1=O)C(F)(F)C(F)(F)C(F)(F)F. The molecule has 0 aliphatic rings. The Morgan fingerprint density at radius 1 is 0.929 bits per heavy atom. The molecule has 0 bridgehead atoms. The van der Waals surface area contributed by atoms with E-state index in [-0.39, 0.29) is 11.0 Å². The van der Waals surface area contributed by atoms with Gasteiger partial charge in [0.15, 0.2) is 5.56 Å². The molecule has 0 aliphatic heterocycles. The van der Waals surface area contributed by atoms with E-state index in [2.05, 4.69) is 4.42 Å². The number of hydrogen-bond acceptors (Lipinski definition) is 4. The Labute approximate surface area is 149 Å². The molecule has 148 valence electrons. The molecule has 1 aromatic heterocycles. The monoisotopic (exact) mass is 408 g/mol. The molecule has 4 nitrogen and oxygen atoms in total. The van der Waals surface area contributed by atoms with Gasteiger partial charge in [-0.05, 0) is 16.8 Å². The van der Waals surface area contributed by atoms with Crippen molar-refractivity contribution in [2.45, 2.75) is 18.0 Å². The van der Waals surface area contributed by atoms with E-state index in [0.717, 1.165) is 6.07 Å². The predicted octanol–water partition coefficient (Wildman–Crippen LogP) is 4.67. The van der Waals surface area contributed by atoms with Gasteiger partial charge in [-0.2, -0.15) is 30.7 Å². The van der Waals surface area contributed by atoms with Crippen LogP contribution in [0.15, 0.2) is 45.6 Å². The topological polar surface area (TPSA) is 67.5 Å². The van der Waals surface area contributed by atoms with Crippen LogP contribution in [0, 0.1) is 0 Å². The number of carbonyl (C=O) groups is 1. The normalized spacial score (nSPS) is 13.2. The van der Waals surface area contributed by atoms with Gasteiger partial charge in [0, 0.05) is 0 Å². The second-order valence-electron chi connectivity index (χ2n) is 5.75. The molecule has 3 aromatic rings. The minimum absolute atomic E-state index is 0.0844. The highest BCUT2D eigenvalue weighted by atomic mass is 19.4. The number of carbonyl (C=O) groups excluding carboxylic acids is 1. The Morgan fingerprint density at radius 3 is 2.14 bits per heavy atom. The molecule has 0 aliphatic carbocycles. The average Bonchev–Trinajstić information content (AvgIpc) is 2.59. The first kappa shape index (κ1) is 19.6. The van der Waals surface area contributed by atoms with Crippen LogP contribution in [0.1, 0.15) is 10.4 Å². The van der Waals surface area contributed by atoms with Crippen molar-refractivity contribution in [3.8, 4) is 5.75 Å². The van der Waals surface area contributed by atoms with Crippen LogP contribution in [-0.2, 0) is 0 Å². The lowest BCUT2D eigenvalue weighted by Crippen LogP contribution is -2.56. The van der Waals surface area contributed by atoms with E-state index in [1.807, 2.05) is 0 Å². The lowest BCUT2D eigenvalue weighted by molar-refractivity contribution is -0.339. The molecule has 0 saturated carbocycles. The molecule has 0 radical (unpaired) electrons. The van der Waals surface area contributed by atoms with Crippen molar-refractivity contribution in [3.05, 3.63) is 52.4 Å². The van der Waals surface area contributed by atoms with Crippen LogP contribution in [0.4, 0.5) is 30.7 Å². The van der Waals surface area contributed by atoms with Crippen LogP contribution in [0.5, 0.6) is 5.75 Å². The largest absolute Gasteiger partial charge is 0.506 e. The van der Waals surface area contributed by atoms with E-state index in [1.54, 1.807) is 6.07 Å². The van der Waals surface area contributed by atoms with Crippen LogP contribution in [-0.4, -0.2) is 28.9 Å². The fourth-order valence-corrected chi connectivity index (χ4v) is 2.63. The average molecular weight is 408 g/mol. The Morgan fingerprint density at radius 2 is 1.54 bits per heavy atom. The van der Waals surface area contributed by atoms with Crippen molar-refractivity contribution in [2.24, 2.45) is 0 Å². The molecule has 0 atom stereocenters. The molecule has 3 rings (SSSR count). The van der Waals surface area contributed by atoms with Gasteiger partial charge >= 0.3 is 23.6 Å². The molecule has 28 heavy (non-hydrogen) atoms. The van der Waals surface area contributed by atoms with Gasteiger partial charge in [0.05, 0.1) is 5.39 Å². The molecule has 0 fully saturated rings. The number of benzene rings is 2. The van der Waals surface area contributed by atoms with Gasteiger partial charge in [0.1, 0.15) is 11.3 Å². The Balaban J connectivity index is 2.33. The third kappa shape index (κ3) is 2.60. The van der Waals surface area contributed by atoms with E-state index in [9.17, 15) is 45.4 Å². The zero-order valence-corrected chi connectivity index (χ0v) is 13.3. The number of ketones is 1. The summed E-state index contributed by atoms with van der Waals surface area (Å²) in [6.45, 7) is 0. The maximum atomic E-state index is 13.7. The fourth-order valence-electron chi connectivity index (χ4n) is 2.63. The summed E-state index contributed by atoms with van der Waals surface area (Å²) >= 11 is 0. The Hall–Kier alpha value is -3.11. The van der Waals surface area contributed by atoms with E-state index < -0.39 is 46.1 Å². The molecule has 0 unspecified atom stereocenters. The first-order chi connectivity index (χ1) is 12.8. The van der Waals surface area contributed by atoms with Crippen molar-refractivity contribution < 1.29 is 45.1 Å². The highest BCUT2D eigenvalue weighted by Gasteiger charge is 2.76. The number of halogens is 7. The van der Waals surface area contributed by atoms with Crippen molar-refractivity contribution >= 4 is 27.5 Å². The standard InChI is InChI=1S/C17H7F7O4/c18-15(19,16(20,21)17(22,23)24)13(26)11-12(25)10-8-4-2-1-3-7(8)5-6-9(10)28-14(11)27/h1-6,25H. The maximum Gasteiger partial charge on any atom is 0.460 e. The van der Waals surface area contributed by atoms with Crippen molar-refractivity contribution in [1.82, 2.24) is 0 Å². The predicted molar refractivity (Wildman–Crippen MR) is 81.9 cm³/mol. The van der Waals surface area contributed by atoms with Gasteiger partial charge in [0.2, 0.25) is 5.78 Å². The van der Waals surface area contributed by atoms with Gasteiger partial charge < -0.3 is 9.52 Å². The van der Waals surface area contributed by atoms with Crippen LogP contribution >= 0.6 is 0 Å². The smallest absolute Gasteiger partial charge is 0.460 e. The quantitative estimate of drug-likeness (QED) is 0.296. The molecular formula is C17H7F7O4. The van der Waals surface area contributed by atoms with E-state index in [0.29, 0.717) is 5.39 Å². The number of rotatable bonds is 3. The van der Waals surface area contributed by atoms with Crippen molar-refractivity contribution in [3.63, 3.8) is 0 Å². The number of hydrogen-bond donors (Lipinski definition) is 1. The summed E-state index contributed by atoms with van der Waals surface area (Å²) in [5.41, 5.74) is -4.37. The number of fused-ring (bicyclic) bond motifs is 3. The van der Waals surface area contributed by atoms with Gasteiger partial charge in [-0.3, -0.25) is 4.79 Å². The zero-order chi connectivity index (χ0) is 21.1. The van der Waals surface area contributed by atoms with E-state index in [4.69, 9.17) is 0 Å². The molecule has 1 N–H and O–H groups in total. The lowest BCUT2D eigenvalue weighted by atomic mass is 9.97. The Kier molecular flexibility index (Phi) is 4.17. The van der Waals surface area contributed by atoms with E-state index in [1.165, 1.54) is 24.3 Å².